The first-order valence-electron chi connectivity index (χ1n) is 12.2. The van der Waals surface area contributed by atoms with Gasteiger partial charge in [0.05, 0.1) is 11.3 Å². The molecule has 1 saturated heterocycles. The van der Waals surface area contributed by atoms with Crippen LogP contribution in [-0.2, 0) is 4.74 Å². The lowest BCUT2D eigenvalue weighted by Crippen LogP contribution is -2.58. The minimum Gasteiger partial charge on any atom is -0.504 e. The molecule has 1 amide bonds. The summed E-state index contributed by atoms with van der Waals surface area (Å²) in [7, 11) is 0. The van der Waals surface area contributed by atoms with Crippen LogP contribution in [0, 0.1) is 0 Å². The van der Waals surface area contributed by atoms with Crippen LogP contribution in [0.3, 0.4) is 0 Å². The molecule has 0 radical (unpaired) electrons. The van der Waals surface area contributed by atoms with Gasteiger partial charge in [-0.2, -0.15) is 0 Å². The van der Waals surface area contributed by atoms with Crippen LogP contribution < -0.4 is 19.5 Å². The van der Waals surface area contributed by atoms with Crippen LogP contribution in [0.5, 0.6) is 34.5 Å². The molecule has 1 fully saturated rings. The monoisotopic (exact) mass is 559 g/mol. The van der Waals surface area contributed by atoms with Gasteiger partial charge in [0.25, 0.3) is 5.91 Å². The van der Waals surface area contributed by atoms with Gasteiger partial charge in [-0.1, -0.05) is 24.3 Å². The maximum atomic E-state index is 12.6. The second-order valence-corrected chi connectivity index (χ2v) is 8.77. The van der Waals surface area contributed by atoms with Crippen LogP contribution in [0.15, 0.2) is 60.7 Å². The van der Waals surface area contributed by atoms with E-state index in [1.165, 1.54) is 36.4 Å². The normalized spacial score (nSPS) is 22.4. The number of carbonyl (C=O) groups is 1. The first-order valence-corrected chi connectivity index (χ1v) is 12.2. The van der Waals surface area contributed by atoms with Crippen LogP contribution in [0.1, 0.15) is 10.4 Å². The molecule has 3 aromatic rings. The molecule has 5 atom stereocenters. The minimum atomic E-state index is -1.73. The molecule has 0 aromatic heterocycles. The molecule has 40 heavy (non-hydrogen) atoms. The van der Waals surface area contributed by atoms with Crippen molar-refractivity contribution in [2.75, 3.05) is 25.1 Å². The Balaban J connectivity index is 1.34. The fraction of sp³-hybridized carbons (Fsp3) is 0.296. The second kappa shape index (κ2) is 12.7. The number of aliphatic hydroxyl groups excluding tert-OH is 4. The van der Waals surface area contributed by atoms with E-state index in [0.29, 0.717) is 11.4 Å². The minimum absolute atomic E-state index is 0.0000779. The fourth-order valence-electron chi connectivity index (χ4n) is 3.90. The predicted octanol–water partition coefficient (Wildman–Crippen LogP) is 0.692. The van der Waals surface area contributed by atoms with E-state index in [2.05, 4.69) is 5.32 Å². The Kier molecular flexibility index (Phi) is 9.14. The zero-order valence-electron chi connectivity index (χ0n) is 21.0. The highest BCUT2D eigenvalue weighted by molar-refractivity contribution is 6.07. The summed E-state index contributed by atoms with van der Waals surface area (Å²) in [5.74, 6) is -1.60. The quantitative estimate of drug-likeness (QED) is 0.128. The predicted molar refractivity (Wildman–Crippen MR) is 138 cm³/mol. The molecule has 0 spiro atoms. The number of benzene rings is 3. The van der Waals surface area contributed by atoms with E-state index in [1.54, 1.807) is 24.3 Å². The Morgan fingerprint density at radius 1 is 0.750 bits per heavy atom. The Hall–Kier alpha value is -4.27. The number of para-hydroxylation sites is 4. The van der Waals surface area contributed by atoms with Crippen LogP contribution in [0.2, 0.25) is 0 Å². The van der Waals surface area contributed by atoms with Crippen molar-refractivity contribution in [2.24, 2.45) is 0 Å². The number of ether oxygens (including phenoxy) is 4. The van der Waals surface area contributed by atoms with Gasteiger partial charge >= 0.3 is 0 Å². The lowest BCUT2D eigenvalue weighted by Gasteiger charge is -2.38. The third-order valence-electron chi connectivity index (χ3n) is 6.03. The topological polar surface area (TPSA) is 208 Å². The highest BCUT2D eigenvalue weighted by Gasteiger charge is 2.43. The van der Waals surface area contributed by atoms with Crippen molar-refractivity contribution in [2.45, 2.75) is 30.7 Å². The Labute approximate surface area is 228 Å². The Morgan fingerprint density at radius 3 is 2.17 bits per heavy atom. The second-order valence-electron chi connectivity index (χ2n) is 8.77. The molecule has 0 bridgehead atoms. The van der Waals surface area contributed by atoms with Crippen molar-refractivity contribution in [3.8, 4) is 34.5 Å². The number of phenolic OH excluding ortho intramolecular Hbond substituents is 3. The molecular formula is C27H29NO12. The van der Waals surface area contributed by atoms with E-state index in [-0.39, 0.29) is 36.0 Å². The van der Waals surface area contributed by atoms with Gasteiger partial charge in [-0.05, 0) is 36.4 Å². The summed E-state index contributed by atoms with van der Waals surface area (Å²) in [4.78, 5) is 12.6. The number of hydrogen-bond donors (Lipinski definition) is 8. The van der Waals surface area contributed by atoms with Crippen molar-refractivity contribution in [3.05, 3.63) is 66.2 Å². The number of carbonyl (C=O) groups excluding carboxylic acids is 1. The number of phenols is 3. The van der Waals surface area contributed by atoms with E-state index in [4.69, 9.17) is 18.9 Å². The number of aliphatic hydroxyl groups is 4. The lowest BCUT2D eigenvalue weighted by molar-refractivity contribution is -0.285. The average molecular weight is 560 g/mol. The van der Waals surface area contributed by atoms with Crippen molar-refractivity contribution >= 4 is 11.6 Å². The SMILES string of the molecule is O=C(Nc1ccccc1OCCOc1cccc(O)c1OCC1OC(O)[C@H](O)[C@@H](O)C1O)c1cccc(O)c1O. The molecule has 13 nitrogen and oxygen atoms in total. The Morgan fingerprint density at radius 2 is 1.40 bits per heavy atom. The first kappa shape index (κ1) is 28.7. The third-order valence-corrected chi connectivity index (χ3v) is 6.03. The summed E-state index contributed by atoms with van der Waals surface area (Å²) in [6.45, 7) is -0.421. The van der Waals surface area contributed by atoms with Crippen LogP contribution in [0.25, 0.3) is 0 Å². The number of hydrogen-bond acceptors (Lipinski definition) is 12. The summed E-state index contributed by atoms with van der Waals surface area (Å²) >= 11 is 0. The molecule has 4 rings (SSSR count). The van der Waals surface area contributed by atoms with E-state index in [0.717, 1.165) is 0 Å². The number of aromatic hydroxyl groups is 3. The number of amides is 1. The molecule has 214 valence electrons. The molecule has 0 aliphatic carbocycles. The maximum Gasteiger partial charge on any atom is 0.259 e. The van der Waals surface area contributed by atoms with E-state index in [9.17, 15) is 40.5 Å². The summed E-state index contributed by atoms with van der Waals surface area (Å²) < 4.78 is 22.1. The van der Waals surface area contributed by atoms with Crippen LogP contribution in [-0.4, -0.2) is 92.2 Å². The molecule has 1 aliphatic heterocycles. The number of nitrogens with one attached hydrogen (secondary N) is 1. The lowest BCUT2D eigenvalue weighted by atomic mass is 9.99. The molecule has 1 heterocycles. The first-order chi connectivity index (χ1) is 19.2. The van der Waals surface area contributed by atoms with Gasteiger partial charge in [0.15, 0.2) is 29.3 Å². The molecular weight excluding hydrogens is 530 g/mol. The van der Waals surface area contributed by atoms with Crippen LogP contribution >= 0.6 is 0 Å². The third kappa shape index (κ3) is 6.47. The highest BCUT2D eigenvalue weighted by atomic mass is 16.6. The largest absolute Gasteiger partial charge is 0.504 e. The summed E-state index contributed by atoms with van der Waals surface area (Å²) in [6, 6.07) is 14.9. The zero-order valence-corrected chi connectivity index (χ0v) is 21.0. The summed E-state index contributed by atoms with van der Waals surface area (Å²) in [5, 5.41) is 71.8. The maximum absolute atomic E-state index is 12.6. The van der Waals surface area contributed by atoms with Crippen LogP contribution in [0.4, 0.5) is 5.69 Å². The average Bonchev–Trinajstić information content (AvgIpc) is 2.94. The molecule has 1 aliphatic rings. The van der Waals surface area contributed by atoms with Gasteiger partial charge in [-0.15, -0.1) is 0 Å². The smallest absolute Gasteiger partial charge is 0.259 e. The standard InChI is InChI=1S/C27H29NO12/c29-16-7-3-5-14(21(16)31)26(35)28-15-6-1-2-9-18(15)37-11-12-38-19-10-4-8-17(30)25(19)39-13-20-22(32)23(33)24(34)27(36)40-20/h1-10,20,22-24,27,29-34,36H,11-13H2,(H,28,35)/t20?,22?,23-,24+,27?/m0/s1. The van der Waals surface area contributed by atoms with Crippen molar-refractivity contribution in [3.63, 3.8) is 0 Å². The highest BCUT2D eigenvalue weighted by Crippen LogP contribution is 2.37. The van der Waals surface area contributed by atoms with E-state index < -0.39 is 54.7 Å². The van der Waals surface area contributed by atoms with Gasteiger partial charge in [0.1, 0.15) is 50.0 Å². The van der Waals surface area contributed by atoms with Crippen molar-refractivity contribution in [1.29, 1.82) is 0 Å². The molecule has 3 aromatic carbocycles. The van der Waals surface area contributed by atoms with Crippen molar-refractivity contribution in [1.82, 2.24) is 0 Å². The van der Waals surface area contributed by atoms with E-state index >= 15 is 0 Å². The van der Waals surface area contributed by atoms with Crippen molar-refractivity contribution < 1.29 is 59.5 Å². The number of rotatable bonds is 10. The molecule has 13 heteroatoms. The summed E-state index contributed by atoms with van der Waals surface area (Å²) in [5.41, 5.74) is 0.179. The zero-order chi connectivity index (χ0) is 28.8. The van der Waals surface area contributed by atoms with E-state index in [1.807, 2.05) is 0 Å². The fourth-order valence-corrected chi connectivity index (χ4v) is 3.90. The van der Waals surface area contributed by atoms with Gasteiger partial charge in [0.2, 0.25) is 5.75 Å². The van der Waals surface area contributed by atoms with Gasteiger partial charge in [-0.25, -0.2) is 0 Å². The summed E-state index contributed by atoms with van der Waals surface area (Å²) in [6.07, 6.45) is -7.85. The van der Waals surface area contributed by atoms with Gasteiger partial charge in [-0.3, -0.25) is 4.79 Å². The Bertz CT molecular complexity index is 1320. The number of anilines is 1. The van der Waals surface area contributed by atoms with Gasteiger partial charge in [0, 0.05) is 0 Å². The molecule has 8 N–H and O–H groups in total. The molecule has 0 saturated carbocycles. The molecule has 3 unspecified atom stereocenters. The van der Waals surface area contributed by atoms with Gasteiger partial charge < -0.3 is 60.0 Å².